The van der Waals surface area contributed by atoms with Crippen LogP contribution in [0.4, 0.5) is 5.69 Å². The van der Waals surface area contributed by atoms with Crippen LogP contribution in [-0.2, 0) is 6.54 Å². The molecule has 5 aromatic rings. The van der Waals surface area contributed by atoms with Gasteiger partial charge >= 0.3 is 5.97 Å². The van der Waals surface area contributed by atoms with Crippen molar-refractivity contribution in [2.75, 3.05) is 11.9 Å². The van der Waals surface area contributed by atoms with Crippen LogP contribution in [0.15, 0.2) is 30.3 Å². The summed E-state index contributed by atoms with van der Waals surface area (Å²) in [5, 5.41) is 14.7. The lowest BCUT2D eigenvalue weighted by Crippen LogP contribution is -2.08. The molecule has 36 heavy (non-hydrogen) atoms. The molecule has 1 fully saturated rings. The molecule has 0 bridgehead atoms. The van der Waals surface area contributed by atoms with E-state index in [1.54, 1.807) is 0 Å². The summed E-state index contributed by atoms with van der Waals surface area (Å²) < 4.78 is 3.58. The second kappa shape index (κ2) is 8.25. The number of thiophene rings is 2. The second-order valence-corrected chi connectivity index (χ2v) is 12.8. The van der Waals surface area contributed by atoms with Crippen LogP contribution in [-0.4, -0.2) is 27.2 Å². The fraction of sp³-hybridized carbons (Fsp3) is 0.345. The predicted molar refractivity (Wildman–Crippen MR) is 151 cm³/mol. The molecule has 5 nitrogen and oxygen atoms in total. The van der Waals surface area contributed by atoms with Gasteiger partial charge in [0.25, 0.3) is 0 Å². The summed E-state index contributed by atoms with van der Waals surface area (Å²) >= 11 is 3.31. The summed E-state index contributed by atoms with van der Waals surface area (Å²) in [7, 11) is 0. The number of aromatic carboxylic acids is 1. The van der Waals surface area contributed by atoms with E-state index in [9.17, 15) is 9.90 Å². The van der Waals surface area contributed by atoms with E-state index < -0.39 is 5.97 Å². The van der Waals surface area contributed by atoms with Gasteiger partial charge in [0.15, 0.2) is 0 Å². The molecule has 0 unspecified atom stereocenters. The highest BCUT2D eigenvalue weighted by Gasteiger charge is 2.31. The van der Waals surface area contributed by atoms with E-state index in [4.69, 9.17) is 0 Å². The molecule has 0 saturated heterocycles. The molecule has 0 amide bonds. The number of hydrogen-bond donors (Lipinski definition) is 3. The lowest BCUT2D eigenvalue weighted by atomic mass is 9.83. The smallest absolute Gasteiger partial charge is 0.345 e. The number of aromatic nitrogens is 2. The zero-order chi connectivity index (χ0) is 24.6. The van der Waals surface area contributed by atoms with Gasteiger partial charge in [-0.1, -0.05) is 19.3 Å². The molecule has 0 atom stereocenters. The van der Waals surface area contributed by atoms with Gasteiger partial charge in [-0.15, -0.1) is 22.7 Å². The van der Waals surface area contributed by atoms with Crippen molar-refractivity contribution in [3.05, 3.63) is 50.5 Å². The third kappa shape index (κ3) is 3.29. The van der Waals surface area contributed by atoms with Gasteiger partial charge in [0, 0.05) is 50.6 Å². The Balaban J connectivity index is 1.48. The molecule has 1 saturated carbocycles. The number of benzene rings is 1. The average molecular weight is 516 g/mol. The van der Waals surface area contributed by atoms with Crippen LogP contribution in [0.1, 0.15) is 63.0 Å². The van der Waals surface area contributed by atoms with E-state index in [0.29, 0.717) is 10.8 Å². The normalized spacial score (nSPS) is 16.2. The van der Waals surface area contributed by atoms with Crippen molar-refractivity contribution < 1.29 is 9.90 Å². The lowest BCUT2D eigenvalue weighted by molar-refractivity contribution is 0.0702. The van der Waals surface area contributed by atoms with Crippen molar-refractivity contribution in [1.82, 2.24) is 9.55 Å². The highest BCUT2D eigenvalue weighted by Crippen LogP contribution is 2.50. The Morgan fingerprint density at radius 3 is 2.64 bits per heavy atom. The summed E-state index contributed by atoms with van der Waals surface area (Å²) in [6, 6.07) is 11.0. The Bertz CT molecular complexity index is 1660. The maximum absolute atomic E-state index is 11.9. The first kappa shape index (κ1) is 22.2. The second-order valence-electron chi connectivity index (χ2n) is 10.3. The van der Waals surface area contributed by atoms with Crippen molar-refractivity contribution in [2.45, 2.75) is 58.4 Å². The molecule has 0 spiro atoms. The Hall–Kier alpha value is -3.03. The zero-order valence-corrected chi connectivity index (χ0v) is 22.2. The van der Waals surface area contributed by atoms with E-state index >= 15 is 0 Å². The van der Waals surface area contributed by atoms with Crippen molar-refractivity contribution >= 4 is 55.4 Å². The quantitative estimate of drug-likeness (QED) is 0.226. The Morgan fingerprint density at radius 2 is 1.89 bits per heavy atom. The van der Waals surface area contributed by atoms with Crippen LogP contribution in [0, 0.1) is 13.8 Å². The van der Waals surface area contributed by atoms with E-state index in [1.807, 2.05) is 17.4 Å². The minimum absolute atomic E-state index is 0.442. The number of fused-ring (bicyclic) bond motifs is 7. The highest BCUT2D eigenvalue weighted by molar-refractivity contribution is 7.21. The van der Waals surface area contributed by atoms with Crippen molar-refractivity contribution in [2.24, 2.45) is 0 Å². The van der Waals surface area contributed by atoms with Gasteiger partial charge in [-0.3, -0.25) is 0 Å². The van der Waals surface area contributed by atoms with Crippen LogP contribution in [0.5, 0.6) is 0 Å². The summed E-state index contributed by atoms with van der Waals surface area (Å²) in [5.74, 6) is -0.342. The number of aryl methyl sites for hydroxylation is 2. The highest BCUT2D eigenvalue weighted by atomic mass is 32.1. The number of carbonyl (C=O) groups is 1. The number of hydrogen-bond acceptors (Lipinski definition) is 4. The van der Waals surface area contributed by atoms with E-state index in [2.05, 4.69) is 53.0 Å². The Kier molecular flexibility index (Phi) is 5.08. The number of carboxylic acids is 1. The molecule has 184 valence electrons. The van der Waals surface area contributed by atoms with Crippen molar-refractivity contribution in [1.29, 1.82) is 0 Å². The molecule has 7 heteroatoms. The molecule has 1 aliphatic carbocycles. The van der Waals surface area contributed by atoms with Gasteiger partial charge in [0.1, 0.15) is 4.88 Å². The molecule has 5 heterocycles. The number of nitrogens with zero attached hydrogens (tertiary/aromatic N) is 1. The largest absolute Gasteiger partial charge is 0.477 e. The van der Waals surface area contributed by atoms with E-state index in [1.165, 1.54) is 97.0 Å². The first-order chi connectivity index (χ1) is 17.5. The SMILES string of the molecule is Cc1cc(-c2cc3c4c(ccc3[nH]2)-c2c(C3CCCCC3)c3sc(C(=O)O)cc3n2CCN4)c(C)s1. The topological polar surface area (TPSA) is 70.0 Å². The maximum atomic E-state index is 11.9. The number of H-pyrrole nitrogens is 1. The van der Waals surface area contributed by atoms with Gasteiger partial charge in [0.05, 0.1) is 21.6 Å². The van der Waals surface area contributed by atoms with Gasteiger partial charge in [-0.05, 0) is 68.5 Å². The minimum Gasteiger partial charge on any atom is -0.477 e. The number of carboxylic acid groups (broad SMARTS) is 1. The maximum Gasteiger partial charge on any atom is 0.345 e. The van der Waals surface area contributed by atoms with Gasteiger partial charge < -0.3 is 20.0 Å². The summed E-state index contributed by atoms with van der Waals surface area (Å²) in [6.07, 6.45) is 6.16. The zero-order valence-electron chi connectivity index (χ0n) is 20.5. The van der Waals surface area contributed by atoms with Crippen molar-refractivity contribution in [3.8, 4) is 22.5 Å². The summed E-state index contributed by atoms with van der Waals surface area (Å²) in [5.41, 5.74) is 9.79. The molecule has 3 N–H and O–H groups in total. The number of anilines is 1. The average Bonchev–Trinajstić information content (AvgIpc) is 3.59. The number of aromatic amines is 1. The van der Waals surface area contributed by atoms with Gasteiger partial charge in [-0.25, -0.2) is 4.79 Å². The molecular formula is C29H29N3O2S2. The summed E-state index contributed by atoms with van der Waals surface area (Å²) in [6.45, 7) is 5.99. The third-order valence-corrected chi connectivity index (χ3v) is 10.1. The predicted octanol–water partition coefficient (Wildman–Crippen LogP) is 8.37. The molecule has 4 aromatic heterocycles. The molecule has 0 radical (unpaired) electrons. The third-order valence-electron chi connectivity index (χ3n) is 8.02. The first-order valence-electron chi connectivity index (χ1n) is 12.9. The first-order valence-corrected chi connectivity index (χ1v) is 14.5. The fourth-order valence-electron chi connectivity index (χ4n) is 6.47. The Labute approximate surface area is 217 Å². The molecule has 7 rings (SSSR count). The molecule has 1 aromatic carbocycles. The molecule has 2 aliphatic rings. The van der Waals surface area contributed by atoms with E-state index in [0.717, 1.165) is 24.1 Å². The van der Waals surface area contributed by atoms with Gasteiger partial charge in [-0.2, -0.15) is 0 Å². The number of nitrogens with one attached hydrogen (secondary N) is 2. The van der Waals surface area contributed by atoms with Crippen LogP contribution >= 0.6 is 22.7 Å². The number of rotatable bonds is 3. The van der Waals surface area contributed by atoms with Gasteiger partial charge in [0.2, 0.25) is 0 Å². The van der Waals surface area contributed by atoms with Crippen molar-refractivity contribution in [3.63, 3.8) is 0 Å². The monoisotopic (exact) mass is 515 g/mol. The van der Waals surface area contributed by atoms with Crippen LogP contribution in [0.3, 0.4) is 0 Å². The van der Waals surface area contributed by atoms with Crippen LogP contribution in [0.25, 0.3) is 43.6 Å². The molecule has 1 aliphatic heterocycles. The lowest BCUT2D eigenvalue weighted by Gasteiger charge is -2.23. The fourth-order valence-corrected chi connectivity index (χ4v) is 8.54. The molecular weight excluding hydrogens is 486 g/mol. The minimum atomic E-state index is -0.826. The Morgan fingerprint density at radius 1 is 1.06 bits per heavy atom. The van der Waals surface area contributed by atoms with Crippen LogP contribution < -0.4 is 5.32 Å². The van der Waals surface area contributed by atoms with E-state index in [-0.39, 0.29) is 0 Å². The van der Waals surface area contributed by atoms with Crippen LogP contribution in [0.2, 0.25) is 0 Å². The standard InChI is InChI=1S/C29H29N3O2S2/c1-15-12-19(16(2)35-15)22-13-20-21(31-22)9-8-18-26(20)30-10-11-32-23-14-24(29(33)34)36-28(23)25(27(18)32)17-6-4-3-5-7-17/h8-9,12-14,17,30-31H,3-7,10-11H2,1-2H3,(H,33,34). The summed E-state index contributed by atoms with van der Waals surface area (Å²) in [4.78, 5) is 18.6.